The molecule has 0 radical (unpaired) electrons. The van der Waals surface area contributed by atoms with Crippen molar-refractivity contribution < 1.29 is 14.1 Å². The SMILES string of the molecule is Cc1cc(NC2=CC(=O)C(=O)c3ccccc32)on1. The van der Waals surface area contributed by atoms with Gasteiger partial charge in [0.05, 0.1) is 11.4 Å². The first-order chi connectivity index (χ1) is 9.15. The van der Waals surface area contributed by atoms with Crippen molar-refractivity contribution >= 4 is 23.1 Å². The quantitative estimate of drug-likeness (QED) is 0.832. The largest absolute Gasteiger partial charge is 0.338 e. The second kappa shape index (κ2) is 4.20. The summed E-state index contributed by atoms with van der Waals surface area (Å²) in [7, 11) is 0. The van der Waals surface area contributed by atoms with Crippen LogP contribution in [0.3, 0.4) is 0 Å². The Hall–Kier alpha value is -2.69. The number of nitrogens with zero attached hydrogens (tertiary/aromatic N) is 1. The lowest BCUT2D eigenvalue weighted by Crippen LogP contribution is -2.20. The summed E-state index contributed by atoms with van der Waals surface area (Å²) in [6, 6.07) is 8.66. The Bertz CT molecular complexity index is 713. The summed E-state index contributed by atoms with van der Waals surface area (Å²) in [6.45, 7) is 1.80. The second-order valence-electron chi connectivity index (χ2n) is 4.25. The lowest BCUT2D eigenvalue weighted by atomic mass is 9.93. The molecule has 1 aromatic carbocycles. The lowest BCUT2D eigenvalue weighted by Gasteiger charge is -2.15. The third-order valence-corrected chi connectivity index (χ3v) is 2.85. The van der Waals surface area contributed by atoms with Gasteiger partial charge < -0.3 is 9.84 Å². The minimum Gasteiger partial charge on any atom is -0.338 e. The average molecular weight is 254 g/mol. The molecule has 3 rings (SSSR count). The predicted molar refractivity (Wildman–Crippen MR) is 68.6 cm³/mol. The van der Waals surface area contributed by atoms with E-state index in [2.05, 4.69) is 10.5 Å². The van der Waals surface area contributed by atoms with Gasteiger partial charge in [-0.05, 0) is 6.92 Å². The molecule has 0 amide bonds. The van der Waals surface area contributed by atoms with Gasteiger partial charge in [0.15, 0.2) is 0 Å². The third kappa shape index (κ3) is 1.95. The highest BCUT2D eigenvalue weighted by Gasteiger charge is 2.25. The Morgan fingerprint density at radius 3 is 2.58 bits per heavy atom. The maximum absolute atomic E-state index is 11.8. The smallest absolute Gasteiger partial charge is 0.233 e. The van der Waals surface area contributed by atoms with Crippen molar-refractivity contribution in [3.05, 3.63) is 53.2 Å². The summed E-state index contributed by atoms with van der Waals surface area (Å²) in [4.78, 5) is 23.4. The van der Waals surface area contributed by atoms with Crippen molar-refractivity contribution in [3.63, 3.8) is 0 Å². The van der Waals surface area contributed by atoms with Crippen molar-refractivity contribution in [3.8, 4) is 0 Å². The molecule has 0 unspecified atom stereocenters. The number of aryl methyl sites for hydroxylation is 1. The van der Waals surface area contributed by atoms with E-state index in [-0.39, 0.29) is 0 Å². The molecule has 1 aromatic heterocycles. The number of ketones is 2. The first-order valence-corrected chi connectivity index (χ1v) is 5.75. The number of carbonyl (C=O) groups is 2. The van der Waals surface area contributed by atoms with Gasteiger partial charge in [-0.15, -0.1) is 0 Å². The molecule has 0 aliphatic heterocycles. The van der Waals surface area contributed by atoms with E-state index in [1.54, 1.807) is 31.2 Å². The maximum Gasteiger partial charge on any atom is 0.233 e. The van der Waals surface area contributed by atoms with E-state index in [9.17, 15) is 9.59 Å². The Morgan fingerprint density at radius 1 is 1.16 bits per heavy atom. The van der Waals surface area contributed by atoms with Crippen LogP contribution in [0.15, 0.2) is 40.9 Å². The summed E-state index contributed by atoms with van der Waals surface area (Å²) in [5.41, 5.74) is 2.35. The summed E-state index contributed by atoms with van der Waals surface area (Å²) in [5, 5.41) is 6.72. The molecule has 19 heavy (non-hydrogen) atoms. The van der Waals surface area contributed by atoms with Crippen LogP contribution < -0.4 is 5.32 Å². The number of hydrogen-bond acceptors (Lipinski definition) is 5. The molecule has 1 heterocycles. The standard InChI is InChI=1S/C14H10N2O3/c1-8-6-13(19-16-8)15-11-7-12(17)14(18)10-5-3-2-4-9(10)11/h2-7,15H,1H3. The number of carbonyl (C=O) groups excluding carboxylic acids is 2. The molecule has 0 bridgehead atoms. The Labute approximate surface area is 108 Å². The molecule has 0 fully saturated rings. The van der Waals surface area contributed by atoms with E-state index in [1.807, 2.05) is 6.07 Å². The van der Waals surface area contributed by atoms with Gasteiger partial charge in [0.25, 0.3) is 0 Å². The fraction of sp³-hybridized carbons (Fsp3) is 0.0714. The number of Topliss-reactive ketones (excluding diaryl/α,β-unsaturated/α-hetero) is 1. The van der Waals surface area contributed by atoms with Crippen LogP contribution >= 0.6 is 0 Å². The molecule has 1 aliphatic rings. The highest BCUT2D eigenvalue weighted by molar-refractivity contribution is 6.50. The fourth-order valence-electron chi connectivity index (χ4n) is 1.98. The van der Waals surface area contributed by atoms with Crippen molar-refractivity contribution in [2.75, 3.05) is 5.32 Å². The molecule has 0 saturated carbocycles. The van der Waals surface area contributed by atoms with E-state index in [0.29, 0.717) is 22.7 Å². The van der Waals surface area contributed by atoms with Crippen LogP contribution in [0.5, 0.6) is 0 Å². The monoisotopic (exact) mass is 254 g/mol. The molecule has 1 N–H and O–H groups in total. The molecule has 5 heteroatoms. The van der Waals surface area contributed by atoms with Crippen LogP contribution in [-0.2, 0) is 4.79 Å². The summed E-state index contributed by atoms with van der Waals surface area (Å²) in [5.74, 6) is -0.604. The second-order valence-corrected chi connectivity index (χ2v) is 4.25. The van der Waals surface area contributed by atoms with E-state index < -0.39 is 11.6 Å². The average Bonchev–Trinajstić information content (AvgIpc) is 2.81. The topological polar surface area (TPSA) is 72.2 Å². The zero-order valence-electron chi connectivity index (χ0n) is 10.1. The van der Waals surface area contributed by atoms with Gasteiger partial charge in [-0.1, -0.05) is 29.4 Å². The molecule has 94 valence electrons. The molecule has 5 nitrogen and oxygen atoms in total. The predicted octanol–water partition coefficient (Wildman–Crippen LogP) is 2.20. The van der Waals surface area contributed by atoms with Crippen molar-refractivity contribution in [2.24, 2.45) is 0 Å². The first-order valence-electron chi connectivity index (χ1n) is 5.75. The highest BCUT2D eigenvalue weighted by Crippen LogP contribution is 2.26. The molecular weight excluding hydrogens is 244 g/mol. The number of hydrogen-bond donors (Lipinski definition) is 1. The van der Waals surface area contributed by atoms with E-state index in [4.69, 9.17) is 4.52 Å². The number of benzene rings is 1. The van der Waals surface area contributed by atoms with Crippen LogP contribution in [0.25, 0.3) is 5.70 Å². The minimum absolute atomic E-state index is 0.397. The number of nitrogens with one attached hydrogen (secondary N) is 1. The number of anilines is 1. The summed E-state index contributed by atoms with van der Waals surface area (Å²) in [6.07, 6.45) is 1.28. The van der Waals surface area contributed by atoms with Gasteiger partial charge in [0.2, 0.25) is 17.5 Å². The lowest BCUT2D eigenvalue weighted by molar-refractivity contribution is -0.111. The normalized spacial score (nSPS) is 14.1. The van der Waals surface area contributed by atoms with E-state index in [0.717, 1.165) is 5.69 Å². The van der Waals surface area contributed by atoms with Crippen molar-refractivity contribution in [2.45, 2.75) is 6.92 Å². The Kier molecular flexibility index (Phi) is 2.52. The number of aromatic nitrogens is 1. The van der Waals surface area contributed by atoms with Crippen LogP contribution in [-0.4, -0.2) is 16.7 Å². The zero-order chi connectivity index (χ0) is 13.4. The molecule has 2 aromatic rings. The summed E-state index contributed by atoms with van der Waals surface area (Å²) >= 11 is 0. The van der Waals surface area contributed by atoms with E-state index in [1.165, 1.54) is 6.08 Å². The summed E-state index contributed by atoms with van der Waals surface area (Å²) < 4.78 is 5.05. The van der Waals surface area contributed by atoms with Crippen LogP contribution in [0.4, 0.5) is 5.88 Å². The molecular formula is C14H10N2O3. The first kappa shape index (κ1) is 11.4. The fourth-order valence-corrected chi connectivity index (χ4v) is 1.98. The van der Waals surface area contributed by atoms with Gasteiger partial charge in [-0.2, -0.15) is 0 Å². The maximum atomic E-state index is 11.8. The van der Waals surface area contributed by atoms with Crippen molar-refractivity contribution in [1.29, 1.82) is 0 Å². The van der Waals surface area contributed by atoms with Crippen molar-refractivity contribution in [1.82, 2.24) is 5.16 Å². The van der Waals surface area contributed by atoms with E-state index >= 15 is 0 Å². The number of fused-ring (bicyclic) bond motifs is 1. The van der Waals surface area contributed by atoms with Crippen LogP contribution in [0.1, 0.15) is 21.6 Å². The van der Waals surface area contributed by atoms with Crippen LogP contribution in [0, 0.1) is 6.92 Å². The van der Waals surface area contributed by atoms with Gasteiger partial charge in [0.1, 0.15) is 0 Å². The van der Waals surface area contributed by atoms with Gasteiger partial charge in [-0.3, -0.25) is 9.59 Å². The van der Waals surface area contributed by atoms with Crippen LogP contribution in [0.2, 0.25) is 0 Å². The molecule has 0 atom stereocenters. The number of rotatable bonds is 2. The minimum atomic E-state index is -0.544. The zero-order valence-corrected chi connectivity index (χ0v) is 10.1. The Morgan fingerprint density at radius 2 is 1.89 bits per heavy atom. The molecule has 0 saturated heterocycles. The third-order valence-electron chi connectivity index (χ3n) is 2.85. The molecule has 0 spiro atoms. The van der Waals surface area contributed by atoms with Gasteiger partial charge in [-0.25, -0.2) is 0 Å². The molecule has 1 aliphatic carbocycles. The van der Waals surface area contributed by atoms with Gasteiger partial charge >= 0.3 is 0 Å². The Balaban J connectivity index is 2.03. The number of allylic oxidation sites excluding steroid dienone is 1. The van der Waals surface area contributed by atoms with Gasteiger partial charge in [0, 0.05) is 23.3 Å². The highest BCUT2D eigenvalue weighted by atomic mass is 16.5.